The molecule has 1 saturated heterocycles. The molecule has 0 saturated carbocycles. The minimum Gasteiger partial charge on any atom is -0.397 e. The average Bonchev–Trinajstić information content (AvgIpc) is 2.50. The van der Waals surface area contributed by atoms with Crippen molar-refractivity contribution in [3.8, 4) is 0 Å². The molecule has 1 aliphatic rings. The molecule has 1 aromatic heterocycles. The molecule has 1 amide bonds. The van der Waals surface area contributed by atoms with Gasteiger partial charge in [-0.3, -0.25) is 4.79 Å². The molecule has 0 radical (unpaired) electrons. The summed E-state index contributed by atoms with van der Waals surface area (Å²) >= 11 is 0. The normalized spacial score (nSPS) is 18.8. The molecular formula is C11H16N4O3S. The Morgan fingerprint density at radius 2 is 2.05 bits per heavy atom. The summed E-state index contributed by atoms with van der Waals surface area (Å²) < 4.78 is 23.1. The molecule has 8 heteroatoms. The Labute approximate surface area is 111 Å². The van der Waals surface area contributed by atoms with Crippen LogP contribution in [0, 0.1) is 0 Å². The molecule has 2 heterocycles. The quantitative estimate of drug-likeness (QED) is 0.747. The summed E-state index contributed by atoms with van der Waals surface area (Å²) in [5.41, 5.74) is 11.5. The Balaban J connectivity index is 2.34. The van der Waals surface area contributed by atoms with Gasteiger partial charge in [-0.2, -0.15) is 0 Å². The van der Waals surface area contributed by atoms with Crippen molar-refractivity contribution in [2.24, 2.45) is 5.73 Å². The second-order valence-corrected chi connectivity index (χ2v) is 6.80. The zero-order valence-electron chi connectivity index (χ0n) is 10.4. The van der Waals surface area contributed by atoms with Crippen LogP contribution in [0.5, 0.6) is 0 Å². The van der Waals surface area contributed by atoms with E-state index in [2.05, 4.69) is 4.98 Å². The average molecular weight is 284 g/mol. The number of amides is 1. The van der Waals surface area contributed by atoms with Gasteiger partial charge in [-0.1, -0.05) is 0 Å². The number of nitrogens with two attached hydrogens (primary N) is 2. The summed E-state index contributed by atoms with van der Waals surface area (Å²) in [5, 5.41) is 0. The van der Waals surface area contributed by atoms with Crippen molar-refractivity contribution in [3.05, 3.63) is 17.8 Å². The molecule has 0 bridgehead atoms. The van der Waals surface area contributed by atoms with Gasteiger partial charge in [0.25, 0.3) is 5.91 Å². The van der Waals surface area contributed by atoms with Gasteiger partial charge in [-0.15, -0.1) is 0 Å². The molecule has 19 heavy (non-hydrogen) atoms. The van der Waals surface area contributed by atoms with E-state index in [1.807, 2.05) is 0 Å². The van der Waals surface area contributed by atoms with Crippen LogP contribution in [0.2, 0.25) is 0 Å². The van der Waals surface area contributed by atoms with Crippen LogP contribution in [-0.2, 0) is 9.84 Å². The maximum atomic E-state index is 11.6. The van der Waals surface area contributed by atoms with E-state index in [0.717, 1.165) is 0 Å². The topological polar surface area (TPSA) is 119 Å². The fourth-order valence-corrected chi connectivity index (χ4v) is 3.33. The lowest BCUT2D eigenvalue weighted by atomic mass is 10.2. The summed E-state index contributed by atoms with van der Waals surface area (Å²) in [6, 6.07) is 1.46. The molecule has 0 aliphatic carbocycles. The number of carbonyl (C=O) groups is 1. The summed E-state index contributed by atoms with van der Waals surface area (Å²) in [7, 11) is -3.01. The molecule has 0 aromatic carbocycles. The zero-order valence-corrected chi connectivity index (χ0v) is 11.2. The highest BCUT2D eigenvalue weighted by Gasteiger charge is 2.23. The molecule has 104 valence electrons. The standard InChI is InChI=1S/C11H16N4O3S/c12-8-6-9(10(13)16)11(14-7-8)15-2-1-4-19(17,18)5-3-15/h6-7H,1-5,12H2,(H2,13,16). The molecule has 1 aliphatic heterocycles. The van der Waals surface area contributed by atoms with E-state index in [9.17, 15) is 13.2 Å². The molecule has 0 spiro atoms. The van der Waals surface area contributed by atoms with Crippen molar-refractivity contribution in [1.82, 2.24) is 4.98 Å². The van der Waals surface area contributed by atoms with Crippen LogP contribution < -0.4 is 16.4 Å². The lowest BCUT2D eigenvalue weighted by Crippen LogP contribution is -2.30. The summed E-state index contributed by atoms with van der Waals surface area (Å²) in [5.74, 6) is -0.0116. The smallest absolute Gasteiger partial charge is 0.252 e. The second-order valence-electron chi connectivity index (χ2n) is 4.50. The van der Waals surface area contributed by atoms with Gasteiger partial charge in [0.15, 0.2) is 9.84 Å². The van der Waals surface area contributed by atoms with E-state index in [-0.39, 0.29) is 17.1 Å². The lowest BCUT2D eigenvalue weighted by molar-refractivity contribution is 0.100. The number of anilines is 2. The first-order chi connectivity index (χ1) is 8.89. The number of nitrogens with zero attached hydrogens (tertiary/aromatic N) is 2. The van der Waals surface area contributed by atoms with Crippen LogP contribution in [0.15, 0.2) is 12.3 Å². The highest BCUT2D eigenvalue weighted by Crippen LogP contribution is 2.21. The van der Waals surface area contributed by atoms with Crippen LogP contribution in [0.3, 0.4) is 0 Å². The van der Waals surface area contributed by atoms with Gasteiger partial charge in [0.1, 0.15) is 5.82 Å². The van der Waals surface area contributed by atoms with Crippen molar-refractivity contribution in [3.63, 3.8) is 0 Å². The Morgan fingerprint density at radius 1 is 1.32 bits per heavy atom. The van der Waals surface area contributed by atoms with Crippen molar-refractivity contribution < 1.29 is 13.2 Å². The fourth-order valence-electron chi connectivity index (χ4n) is 2.06. The largest absolute Gasteiger partial charge is 0.397 e. The van der Waals surface area contributed by atoms with Gasteiger partial charge in [0, 0.05) is 13.1 Å². The molecule has 7 nitrogen and oxygen atoms in total. The predicted molar refractivity (Wildman–Crippen MR) is 72.7 cm³/mol. The van der Waals surface area contributed by atoms with Crippen LogP contribution in [0.25, 0.3) is 0 Å². The van der Waals surface area contributed by atoms with Gasteiger partial charge in [0.2, 0.25) is 0 Å². The highest BCUT2D eigenvalue weighted by atomic mass is 32.2. The molecule has 4 N–H and O–H groups in total. The third-order valence-corrected chi connectivity index (χ3v) is 4.72. The Morgan fingerprint density at radius 3 is 2.74 bits per heavy atom. The minimum absolute atomic E-state index is 0.0528. The number of hydrogen-bond donors (Lipinski definition) is 2. The number of sulfone groups is 1. The third kappa shape index (κ3) is 3.14. The third-order valence-electron chi connectivity index (χ3n) is 3.01. The Kier molecular flexibility index (Phi) is 3.61. The predicted octanol–water partition coefficient (Wildman–Crippen LogP) is -0.612. The first-order valence-corrected chi connectivity index (χ1v) is 7.72. The maximum absolute atomic E-state index is 11.6. The van der Waals surface area contributed by atoms with E-state index < -0.39 is 15.7 Å². The number of aromatic nitrogens is 1. The van der Waals surface area contributed by atoms with E-state index >= 15 is 0 Å². The number of primary amides is 1. The van der Waals surface area contributed by atoms with Crippen molar-refractivity contribution in [2.75, 3.05) is 35.2 Å². The molecule has 2 rings (SSSR count). The van der Waals surface area contributed by atoms with Crippen molar-refractivity contribution in [1.29, 1.82) is 0 Å². The maximum Gasteiger partial charge on any atom is 0.252 e. The zero-order chi connectivity index (χ0) is 14.0. The van der Waals surface area contributed by atoms with E-state index in [1.165, 1.54) is 12.3 Å². The van der Waals surface area contributed by atoms with Crippen LogP contribution >= 0.6 is 0 Å². The van der Waals surface area contributed by atoms with E-state index in [4.69, 9.17) is 11.5 Å². The molecule has 0 unspecified atom stereocenters. The monoisotopic (exact) mass is 284 g/mol. The van der Waals surface area contributed by atoms with Gasteiger partial charge in [0.05, 0.1) is 29.0 Å². The summed E-state index contributed by atoms with van der Waals surface area (Å²) in [4.78, 5) is 17.3. The fraction of sp³-hybridized carbons (Fsp3) is 0.455. The number of carbonyl (C=O) groups excluding carboxylic acids is 1. The SMILES string of the molecule is NC(=O)c1cc(N)cnc1N1CCCS(=O)(=O)CC1. The Hall–Kier alpha value is -1.83. The molecular weight excluding hydrogens is 268 g/mol. The molecule has 0 atom stereocenters. The summed E-state index contributed by atoms with van der Waals surface area (Å²) in [6.07, 6.45) is 1.94. The van der Waals surface area contributed by atoms with Crippen LogP contribution in [-0.4, -0.2) is 43.9 Å². The van der Waals surface area contributed by atoms with E-state index in [0.29, 0.717) is 31.0 Å². The molecule has 1 aromatic rings. The van der Waals surface area contributed by atoms with E-state index in [1.54, 1.807) is 4.90 Å². The minimum atomic E-state index is -3.01. The number of pyridine rings is 1. The van der Waals surface area contributed by atoms with Gasteiger partial charge in [-0.05, 0) is 12.5 Å². The van der Waals surface area contributed by atoms with Crippen LogP contribution in [0.1, 0.15) is 16.8 Å². The molecule has 1 fully saturated rings. The van der Waals surface area contributed by atoms with Crippen molar-refractivity contribution >= 4 is 27.2 Å². The Bertz CT molecular complexity index is 600. The lowest BCUT2D eigenvalue weighted by Gasteiger charge is -2.22. The van der Waals surface area contributed by atoms with Gasteiger partial charge in [-0.25, -0.2) is 13.4 Å². The van der Waals surface area contributed by atoms with Crippen LogP contribution in [0.4, 0.5) is 11.5 Å². The van der Waals surface area contributed by atoms with Gasteiger partial charge >= 0.3 is 0 Å². The summed E-state index contributed by atoms with van der Waals surface area (Å²) in [6.45, 7) is 0.829. The van der Waals surface area contributed by atoms with Gasteiger partial charge < -0.3 is 16.4 Å². The van der Waals surface area contributed by atoms with Crippen molar-refractivity contribution in [2.45, 2.75) is 6.42 Å². The second kappa shape index (κ2) is 5.04. The number of hydrogen-bond acceptors (Lipinski definition) is 6. The number of nitrogen functional groups attached to an aromatic ring is 1. The first-order valence-electron chi connectivity index (χ1n) is 5.90. The highest BCUT2D eigenvalue weighted by molar-refractivity contribution is 7.91. The number of rotatable bonds is 2. The first kappa shape index (κ1) is 13.6.